The number of furan rings is 1. The predicted octanol–water partition coefficient (Wildman–Crippen LogP) is 6.11. The van der Waals surface area contributed by atoms with E-state index in [1.807, 2.05) is 0 Å². The van der Waals surface area contributed by atoms with Crippen LogP contribution in [-0.4, -0.2) is 11.2 Å². The van der Waals surface area contributed by atoms with Crippen molar-refractivity contribution in [2.75, 3.05) is 5.43 Å². The van der Waals surface area contributed by atoms with Gasteiger partial charge in [-0.3, -0.25) is 5.43 Å². The van der Waals surface area contributed by atoms with Gasteiger partial charge in [0.15, 0.2) is 0 Å². The van der Waals surface area contributed by atoms with Crippen LogP contribution in [0.3, 0.4) is 0 Å². The summed E-state index contributed by atoms with van der Waals surface area (Å²) in [6.07, 6.45) is -2.34. The standard InChI is InChI=1S/C17H10Cl2F3N3O/c18-11-2-4-14(19)13(7-11)15-5-3-12(26-15)9-24-25-16-6-1-10(8-23-16)17(20,21)22/h1-9H,(H,23,25)/b24-9-. The number of hydrogen-bond acceptors (Lipinski definition) is 4. The number of hydrazone groups is 1. The lowest BCUT2D eigenvalue weighted by Gasteiger charge is -2.06. The zero-order valence-electron chi connectivity index (χ0n) is 12.9. The van der Waals surface area contributed by atoms with Crippen molar-refractivity contribution >= 4 is 35.2 Å². The first-order chi connectivity index (χ1) is 12.3. The maximum atomic E-state index is 12.5. The lowest BCUT2D eigenvalue weighted by atomic mass is 10.2. The van der Waals surface area contributed by atoms with E-state index in [0.717, 1.165) is 12.3 Å². The molecule has 0 saturated heterocycles. The second-order valence-electron chi connectivity index (χ2n) is 5.13. The number of anilines is 1. The normalized spacial score (nSPS) is 11.9. The van der Waals surface area contributed by atoms with Crippen molar-refractivity contribution in [2.24, 2.45) is 5.10 Å². The highest BCUT2D eigenvalue weighted by atomic mass is 35.5. The highest BCUT2D eigenvalue weighted by Gasteiger charge is 2.30. The van der Waals surface area contributed by atoms with Crippen LogP contribution in [-0.2, 0) is 6.18 Å². The number of nitrogens with one attached hydrogen (secondary N) is 1. The highest BCUT2D eigenvalue weighted by Crippen LogP contribution is 2.31. The molecule has 0 spiro atoms. The smallest absolute Gasteiger partial charge is 0.417 e. The topological polar surface area (TPSA) is 50.4 Å². The van der Waals surface area contributed by atoms with E-state index in [4.69, 9.17) is 27.6 Å². The van der Waals surface area contributed by atoms with E-state index >= 15 is 0 Å². The molecule has 2 aromatic heterocycles. The first-order valence-electron chi connectivity index (χ1n) is 7.20. The number of hydrogen-bond donors (Lipinski definition) is 1. The maximum Gasteiger partial charge on any atom is 0.417 e. The van der Waals surface area contributed by atoms with Gasteiger partial charge in [0.05, 0.1) is 16.8 Å². The Bertz CT molecular complexity index is 937. The minimum atomic E-state index is -4.43. The molecular weight excluding hydrogens is 390 g/mol. The fraction of sp³-hybridized carbons (Fsp3) is 0.0588. The molecule has 3 rings (SSSR count). The molecule has 4 nitrogen and oxygen atoms in total. The molecular formula is C17H10Cl2F3N3O. The molecule has 0 fully saturated rings. The summed E-state index contributed by atoms with van der Waals surface area (Å²) in [6.45, 7) is 0. The largest absolute Gasteiger partial charge is 0.455 e. The third-order valence-corrected chi connectivity index (χ3v) is 3.85. The van der Waals surface area contributed by atoms with Crippen LogP contribution in [0.5, 0.6) is 0 Å². The molecule has 0 radical (unpaired) electrons. The van der Waals surface area contributed by atoms with Crippen molar-refractivity contribution in [1.82, 2.24) is 4.98 Å². The maximum absolute atomic E-state index is 12.5. The summed E-state index contributed by atoms with van der Waals surface area (Å²) in [7, 11) is 0. The molecule has 0 aliphatic rings. The van der Waals surface area contributed by atoms with Gasteiger partial charge in [0.2, 0.25) is 0 Å². The van der Waals surface area contributed by atoms with Gasteiger partial charge in [0.25, 0.3) is 0 Å². The molecule has 0 aliphatic heterocycles. The number of halogens is 5. The van der Waals surface area contributed by atoms with E-state index < -0.39 is 11.7 Å². The Labute approximate surface area is 156 Å². The molecule has 0 saturated carbocycles. The Kier molecular flexibility index (Phi) is 5.20. The van der Waals surface area contributed by atoms with Crippen molar-refractivity contribution in [2.45, 2.75) is 6.18 Å². The lowest BCUT2D eigenvalue weighted by molar-refractivity contribution is -0.137. The SMILES string of the molecule is FC(F)(F)c1ccc(N/N=C\c2ccc(-c3cc(Cl)ccc3Cl)o2)nc1. The molecule has 2 heterocycles. The van der Waals surface area contributed by atoms with Crippen molar-refractivity contribution in [3.05, 3.63) is 70.0 Å². The zero-order chi connectivity index (χ0) is 18.7. The summed E-state index contributed by atoms with van der Waals surface area (Å²) in [5.74, 6) is 1.08. The third-order valence-electron chi connectivity index (χ3n) is 3.28. The Hall–Kier alpha value is -2.51. The minimum absolute atomic E-state index is 0.166. The van der Waals surface area contributed by atoms with Gasteiger partial charge in [0.1, 0.15) is 17.3 Å². The summed E-state index contributed by atoms with van der Waals surface area (Å²) in [6, 6.07) is 10.5. The number of pyridine rings is 1. The summed E-state index contributed by atoms with van der Waals surface area (Å²) < 4.78 is 43.0. The Morgan fingerprint density at radius 1 is 1.08 bits per heavy atom. The third kappa shape index (κ3) is 4.36. The quantitative estimate of drug-likeness (QED) is 0.425. The fourth-order valence-electron chi connectivity index (χ4n) is 2.04. The molecule has 0 bridgehead atoms. The van der Waals surface area contributed by atoms with E-state index in [-0.39, 0.29) is 5.82 Å². The van der Waals surface area contributed by atoms with Crippen LogP contribution in [0, 0.1) is 0 Å². The van der Waals surface area contributed by atoms with E-state index in [2.05, 4.69) is 15.5 Å². The first-order valence-corrected chi connectivity index (χ1v) is 7.96. The van der Waals surface area contributed by atoms with Crippen LogP contribution in [0.1, 0.15) is 11.3 Å². The van der Waals surface area contributed by atoms with E-state index in [0.29, 0.717) is 27.1 Å². The summed E-state index contributed by atoms with van der Waals surface area (Å²) in [4.78, 5) is 3.64. The average Bonchev–Trinajstić information content (AvgIpc) is 3.05. The van der Waals surface area contributed by atoms with Gasteiger partial charge in [-0.2, -0.15) is 18.3 Å². The molecule has 1 N–H and O–H groups in total. The van der Waals surface area contributed by atoms with E-state index in [1.54, 1.807) is 30.3 Å². The van der Waals surface area contributed by atoms with Crippen molar-refractivity contribution in [1.29, 1.82) is 0 Å². The second kappa shape index (κ2) is 7.39. The molecule has 26 heavy (non-hydrogen) atoms. The van der Waals surface area contributed by atoms with Crippen molar-refractivity contribution in [3.63, 3.8) is 0 Å². The van der Waals surface area contributed by atoms with Crippen LogP contribution in [0.25, 0.3) is 11.3 Å². The Morgan fingerprint density at radius 3 is 2.58 bits per heavy atom. The monoisotopic (exact) mass is 399 g/mol. The zero-order valence-corrected chi connectivity index (χ0v) is 14.4. The summed E-state index contributed by atoms with van der Waals surface area (Å²) >= 11 is 12.1. The van der Waals surface area contributed by atoms with Crippen LogP contribution in [0.4, 0.5) is 19.0 Å². The predicted molar refractivity (Wildman–Crippen MR) is 94.6 cm³/mol. The molecule has 0 amide bonds. The minimum Gasteiger partial charge on any atom is -0.455 e. The van der Waals surface area contributed by atoms with Crippen LogP contribution < -0.4 is 5.43 Å². The van der Waals surface area contributed by atoms with Gasteiger partial charge in [-0.25, -0.2) is 4.98 Å². The molecule has 1 aromatic carbocycles. The van der Waals surface area contributed by atoms with Crippen LogP contribution in [0.2, 0.25) is 10.0 Å². The number of rotatable bonds is 4. The van der Waals surface area contributed by atoms with E-state index in [1.165, 1.54) is 12.3 Å². The first kappa shape index (κ1) is 18.3. The van der Waals surface area contributed by atoms with Crippen molar-refractivity contribution < 1.29 is 17.6 Å². The van der Waals surface area contributed by atoms with Crippen LogP contribution in [0.15, 0.2) is 58.2 Å². The molecule has 0 unspecified atom stereocenters. The number of aromatic nitrogens is 1. The second-order valence-corrected chi connectivity index (χ2v) is 5.97. The highest BCUT2D eigenvalue weighted by molar-refractivity contribution is 6.35. The molecule has 9 heteroatoms. The molecule has 134 valence electrons. The Morgan fingerprint density at radius 2 is 1.88 bits per heavy atom. The van der Waals surface area contributed by atoms with Gasteiger partial charge in [-0.05, 0) is 42.5 Å². The summed E-state index contributed by atoms with van der Waals surface area (Å²) in [5, 5.41) is 4.88. The Balaban J connectivity index is 1.68. The summed E-state index contributed by atoms with van der Waals surface area (Å²) in [5.41, 5.74) is 2.33. The van der Waals surface area contributed by atoms with Gasteiger partial charge >= 0.3 is 6.18 Å². The van der Waals surface area contributed by atoms with Crippen molar-refractivity contribution in [3.8, 4) is 11.3 Å². The average molecular weight is 400 g/mol. The van der Waals surface area contributed by atoms with Gasteiger partial charge in [-0.1, -0.05) is 23.2 Å². The molecule has 0 atom stereocenters. The van der Waals surface area contributed by atoms with Gasteiger partial charge in [-0.15, -0.1) is 0 Å². The van der Waals surface area contributed by atoms with Gasteiger partial charge < -0.3 is 4.42 Å². The number of benzene rings is 1. The van der Waals surface area contributed by atoms with E-state index in [9.17, 15) is 13.2 Å². The number of alkyl halides is 3. The fourth-order valence-corrected chi connectivity index (χ4v) is 2.43. The van der Waals surface area contributed by atoms with Gasteiger partial charge in [0, 0.05) is 16.8 Å². The van der Waals surface area contributed by atoms with Crippen LogP contribution >= 0.6 is 23.2 Å². The number of nitrogens with zero attached hydrogens (tertiary/aromatic N) is 2. The molecule has 0 aliphatic carbocycles. The molecule has 3 aromatic rings. The lowest BCUT2D eigenvalue weighted by Crippen LogP contribution is -2.05.